The third-order valence-electron chi connectivity index (χ3n) is 8.97. The second-order valence-electron chi connectivity index (χ2n) is 14.1. The Morgan fingerprint density at radius 3 is 1.52 bits per heavy atom. The molecule has 0 spiro atoms. The number of carbonyl (C=O) groups excluding carboxylic acids is 2. The highest BCUT2D eigenvalue weighted by molar-refractivity contribution is 7.47. The maximum Gasteiger partial charge on any atom is 0.472 e. The number of ether oxygens (including phenoxy) is 2. The number of phosphoric acid groups is 1. The Morgan fingerprint density at radius 2 is 1.04 bits per heavy atom. The fourth-order valence-electron chi connectivity index (χ4n) is 5.73. The van der Waals surface area contributed by atoms with Crippen molar-refractivity contribution in [1.29, 1.82) is 0 Å². The third-order valence-corrected chi connectivity index (χ3v) is 9.93. The van der Waals surface area contributed by atoms with E-state index < -0.39 is 51.8 Å². The maximum atomic E-state index is 12.6. The van der Waals surface area contributed by atoms with Gasteiger partial charge in [0.2, 0.25) is 0 Å². The van der Waals surface area contributed by atoms with Gasteiger partial charge in [-0.25, -0.2) is 4.57 Å². The van der Waals surface area contributed by atoms with Crippen molar-refractivity contribution in [3.05, 3.63) is 24.8 Å². The van der Waals surface area contributed by atoms with E-state index in [1.807, 2.05) is 6.08 Å². The van der Waals surface area contributed by atoms with Crippen molar-refractivity contribution in [3.63, 3.8) is 0 Å². The van der Waals surface area contributed by atoms with E-state index in [1.165, 1.54) is 89.9 Å². The van der Waals surface area contributed by atoms with Crippen molar-refractivity contribution in [1.82, 2.24) is 0 Å². The molecule has 0 radical (unpaired) electrons. The molecule has 3 atom stereocenters. The predicted octanol–water partition coefficient (Wildman–Crippen LogP) is 10.6. The molecule has 10 nitrogen and oxygen atoms in total. The van der Waals surface area contributed by atoms with Crippen LogP contribution in [0.25, 0.3) is 0 Å². The van der Waals surface area contributed by atoms with Crippen LogP contribution in [0.4, 0.5) is 0 Å². The van der Waals surface area contributed by atoms with Crippen LogP contribution in [0.5, 0.6) is 0 Å². The first-order valence-electron chi connectivity index (χ1n) is 20.8. The number of unbranched alkanes of at least 4 members (excludes halogenated alkanes) is 23. The Bertz CT molecular complexity index is 912. The highest BCUT2D eigenvalue weighted by atomic mass is 31.2. The number of aliphatic hydroxyl groups is 2. The van der Waals surface area contributed by atoms with Gasteiger partial charge in [-0.3, -0.25) is 18.6 Å². The summed E-state index contributed by atoms with van der Waals surface area (Å²) in [4.78, 5) is 34.9. The first-order valence-corrected chi connectivity index (χ1v) is 22.2. The van der Waals surface area contributed by atoms with Crippen LogP contribution < -0.4 is 0 Å². The minimum absolute atomic E-state index is 0.175. The van der Waals surface area contributed by atoms with Crippen molar-refractivity contribution < 1.29 is 47.8 Å². The van der Waals surface area contributed by atoms with Gasteiger partial charge in [-0.05, 0) is 51.4 Å². The summed E-state index contributed by atoms with van der Waals surface area (Å²) >= 11 is 0. The quantitative estimate of drug-likeness (QED) is 0.0238. The number of rotatable bonds is 40. The number of phosphoric ester groups is 1. The van der Waals surface area contributed by atoms with E-state index in [-0.39, 0.29) is 19.4 Å². The lowest BCUT2D eigenvalue weighted by atomic mass is 10.0. The first-order chi connectivity index (χ1) is 25.2. The Balaban J connectivity index is 4.30. The van der Waals surface area contributed by atoms with E-state index in [1.54, 1.807) is 0 Å². The van der Waals surface area contributed by atoms with Gasteiger partial charge in [0.1, 0.15) is 12.7 Å². The second kappa shape index (κ2) is 37.8. The molecule has 0 heterocycles. The molecule has 0 bridgehead atoms. The molecule has 0 saturated carbocycles. The van der Waals surface area contributed by atoms with Gasteiger partial charge in [0.15, 0.2) is 6.10 Å². The fraction of sp³-hybridized carbons (Fsp3) is 0.854. The Morgan fingerprint density at radius 1 is 0.615 bits per heavy atom. The number of hydrogen-bond donors (Lipinski definition) is 3. The van der Waals surface area contributed by atoms with Crippen LogP contribution in [-0.4, -0.2) is 65.7 Å². The number of allylic oxidation sites excluding steroid dienone is 3. The molecular formula is C41H77O10P. The minimum Gasteiger partial charge on any atom is -0.462 e. The number of hydrogen-bond acceptors (Lipinski definition) is 9. The largest absolute Gasteiger partial charge is 0.472 e. The highest BCUT2D eigenvalue weighted by Crippen LogP contribution is 2.43. The van der Waals surface area contributed by atoms with E-state index >= 15 is 0 Å². The molecule has 1 unspecified atom stereocenters. The highest BCUT2D eigenvalue weighted by Gasteiger charge is 2.27. The summed E-state index contributed by atoms with van der Waals surface area (Å²) in [5.74, 6) is -0.933. The van der Waals surface area contributed by atoms with Crippen molar-refractivity contribution in [2.75, 3.05) is 26.4 Å². The first kappa shape index (κ1) is 50.5. The van der Waals surface area contributed by atoms with Gasteiger partial charge in [-0.2, -0.15) is 0 Å². The zero-order chi connectivity index (χ0) is 38.4. The number of aliphatic hydroxyl groups excluding tert-OH is 2. The number of esters is 2. The summed E-state index contributed by atoms with van der Waals surface area (Å²) in [7, 11) is -4.61. The zero-order valence-electron chi connectivity index (χ0n) is 32.9. The molecule has 0 aliphatic carbocycles. The summed E-state index contributed by atoms with van der Waals surface area (Å²) in [6.07, 6.45) is 34.6. The molecule has 0 aromatic heterocycles. The lowest BCUT2D eigenvalue weighted by molar-refractivity contribution is -0.161. The smallest absolute Gasteiger partial charge is 0.462 e. The summed E-state index contributed by atoms with van der Waals surface area (Å²) in [5, 5.41) is 18.3. The van der Waals surface area contributed by atoms with E-state index in [9.17, 15) is 24.2 Å². The molecule has 11 heteroatoms. The Kier molecular flexibility index (Phi) is 36.6. The van der Waals surface area contributed by atoms with Gasteiger partial charge < -0.3 is 24.6 Å². The molecule has 0 aliphatic heterocycles. The van der Waals surface area contributed by atoms with Crippen LogP contribution in [0.1, 0.15) is 187 Å². The molecule has 0 fully saturated rings. The van der Waals surface area contributed by atoms with Gasteiger partial charge in [0.25, 0.3) is 0 Å². The van der Waals surface area contributed by atoms with Crippen LogP contribution in [0.15, 0.2) is 24.8 Å². The van der Waals surface area contributed by atoms with Crippen LogP contribution in [0, 0.1) is 0 Å². The van der Waals surface area contributed by atoms with E-state index in [0.29, 0.717) is 12.8 Å². The van der Waals surface area contributed by atoms with Gasteiger partial charge in [0.05, 0.1) is 19.8 Å². The third kappa shape index (κ3) is 36.8. The molecular weight excluding hydrogens is 683 g/mol. The van der Waals surface area contributed by atoms with Crippen molar-refractivity contribution >= 4 is 19.8 Å². The molecule has 0 rings (SSSR count). The summed E-state index contributed by atoms with van der Waals surface area (Å²) in [5.41, 5.74) is 0. The zero-order valence-corrected chi connectivity index (χ0v) is 33.8. The molecule has 306 valence electrons. The Labute approximate surface area is 317 Å². The van der Waals surface area contributed by atoms with Gasteiger partial charge in [0, 0.05) is 12.8 Å². The average molecular weight is 761 g/mol. The van der Waals surface area contributed by atoms with E-state index in [0.717, 1.165) is 64.2 Å². The van der Waals surface area contributed by atoms with Crippen molar-refractivity contribution in [2.45, 2.75) is 199 Å². The number of carbonyl (C=O) groups is 2. The van der Waals surface area contributed by atoms with Crippen molar-refractivity contribution in [2.24, 2.45) is 0 Å². The molecule has 0 amide bonds. The molecule has 0 saturated heterocycles. The second-order valence-corrected chi connectivity index (χ2v) is 15.5. The molecule has 0 aliphatic rings. The summed E-state index contributed by atoms with van der Waals surface area (Å²) in [6, 6.07) is 0. The monoisotopic (exact) mass is 761 g/mol. The lowest BCUT2D eigenvalue weighted by Crippen LogP contribution is -2.29. The topological polar surface area (TPSA) is 149 Å². The minimum atomic E-state index is -4.61. The fourth-order valence-corrected chi connectivity index (χ4v) is 6.52. The van der Waals surface area contributed by atoms with Crippen LogP contribution in [0.3, 0.4) is 0 Å². The lowest BCUT2D eigenvalue weighted by Gasteiger charge is -2.20. The normalized spacial score (nSPS) is 13.9. The van der Waals surface area contributed by atoms with Crippen LogP contribution >= 0.6 is 7.82 Å². The average Bonchev–Trinajstić information content (AvgIpc) is 3.13. The molecule has 3 N–H and O–H groups in total. The maximum absolute atomic E-state index is 12.6. The van der Waals surface area contributed by atoms with E-state index in [2.05, 4.69) is 30.2 Å². The predicted molar refractivity (Wildman–Crippen MR) is 210 cm³/mol. The van der Waals surface area contributed by atoms with Crippen LogP contribution in [0.2, 0.25) is 0 Å². The Hall–Kier alpha value is -1.55. The van der Waals surface area contributed by atoms with Gasteiger partial charge >= 0.3 is 19.8 Å². The molecule has 0 aromatic carbocycles. The van der Waals surface area contributed by atoms with Gasteiger partial charge in [-0.1, -0.05) is 141 Å². The SMILES string of the molecule is C=CCCCCCCCCCCCCCCCC(=O)OC[C@H](COP(=O)(O)OC[C@@H](O)CO)OC(=O)CCCCCCC/C=C/CCCCCCC. The van der Waals surface area contributed by atoms with Crippen LogP contribution in [-0.2, 0) is 32.7 Å². The standard InChI is InChI=1S/C41H77O10P/c1-3-5-7-9-11-13-15-17-19-21-22-24-26-28-30-32-40(44)48-36-39(37-50-52(46,47)49-35-38(43)34-42)51-41(45)33-31-29-27-25-23-20-18-16-14-12-10-8-6-4-2/h3,16,18,38-39,42-43H,1,4-15,17,19-37H2,2H3,(H,46,47)/b18-16+/t38-,39+/m0/s1. The summed E-state index contributed by atoms with van der Waals surface area (Å²) in [6.45, 7) is 3.88. The van der Waals surface area contributed by atoms with E-state index in [4.69, 9.17) is 19.1 Å². The van der Waals surface area contributed by atoms with Gasteiger partial charge in [-0.15, -0.1) is 6.58 Å². The summed E-state index contributed by atoms with van der Waals surface area (Å²) < 4.78 is 32.6. The van der Waals surface area contributed by atoms with Crippen molar-refractivity contribution in [3.8, 4) is 0 Å². The molecule has 0 aromatic rings. The molecule has 52 heavy (non-hydrogen) atoms.